The molecule has 0 aliphatic carbocycles. The van der Waals surface area contributed by atoms with Crippen molar-refractivity contribution in [2.24, 2.45) is 0 Å². The van der Waals surface area contributed by atoms with Crippen LogP contribution in [0.25, 0.3) is 0 Å². The van der Waals surface area contributed by atoms with E-state index >= 15 is 0 Å². The van der Waals surface area contributed by atoms with Crippen LogP contribution in [-0.4, -0.2) is 55.0 Å². The van der Waals surface area contributed by atoms with Gasteiger partial charge in [0, 0.05) is 36.8 Å². The Kier molecular flexibility index (Phi) is 10.3. The molecule has 3 rings (SSSR count). The molecule has 2 heterocycles. The minimum Gasteiger partial charge on any atom is -0.379 e. The van der Waals surface area contributed by atoms with E-state index in [-0.39, 0.29) is 10.3 Å². The van der Waals surface area contributed by atoms with Gasteiger partial charge >= 0.3 is 6.18 Å². The number of carbonyl (C=O) groups excluding carboxylic acids is 1. The molecule has 0 bridgehead atoms. The lowest BCUT2D eigenvalue weighted by Crippen LogP contribution is -2.23. The first-order chi connectivity index (χ1) is 15.7. The molecular formula is C21H26Cl2F3N5O2. The Balaban J connectivity index is 0.00000187. The van der Waals surface area contributed by atoms with Gasteiger partial charge in [-0.05, 0) is 49.3 Å². The molecule has 0 fully saturated rings. The fourth-order valence-electron chi connectivity index (χ4n) is 3.35. The molecule has 2 aromatic rings. The summed E-state index contributed by atoms with van der Waals surface area (Å²) < 4.78 is 45.0. The first-order valence-electron chi connectivity index (χ1n) is 10.1. The van der Waals surface area contributed by atoms with Gasteiger partial charge in [-0.25, -0.2) is 9.97 Å². The normalized spacial score (nSPS) is 14.4. The topological polar surface area (TPSA) is 79.4 Å². The van der Waals surface area contributed by atoms with Crippen LogP contribution in [0.1, 0.15) is 35.3 Å². The van der Waals surface area contributed by atoms with E-state index < -0.39 is 17.8 Å². The molecular weight excluding hydrogens is 482 g/mol. The summed E-state index contributed by atoms with van der Waals surface area (Å²) in [4.78, 5) is 18.8. The third-order valence-corrected chi connectivity index (χ3v) is 5.36. The summed E-state index contributed by atoms with van der Waals surface area (Å²) >= 11 is 12.0. The van der Waals surface area contributed by atoms with Crippen molar-refractivity contribution in [2.45, 2.75) is 32.2 Å². The summed E-state index contributed by atoms with van der Waals surface area (Å²) in [5, 5.41) is 6.31. The Morgan fingerprint density at radius 3 is 2.58 bits per heavy atom. The average Bonchev–Trinajstić information content (AvgIpc) is 3.16. The average molecular weight is 508 g/mol. The van der Waals surface area contributed by atoms with Gasteiger partial charge in [0.05, 0.1) is 30.5 Å². The van der Waals surface area contributed by atoms with Crippen molar-refractivity contribution < 1.29 is 22.7 Å². The van der Waals surface area contributed by atoms with Crippen LogP contribution >= 0.6 is 23.2 Å². The number of nitrogens with one attached hydrogen (secondary N) is 2. The van der Waals surface area contributed by atoms with Crippen LogP contribution < -0.4 is 10.6 Å². The highest BCUT2D eigenvalue weighted by Crippen LogP contribution is 2.35. The number of likely N-dealkylation sites (N-methyl/N-ethyl adjacent to an activating group) is 1. The summed E-state index contributed by atoms with van der Waals surface area (Å²) in [5.74, 6) is 0.509. The fourth-order valence-corrected chi connectivity index (χ4v) is 3.78. The van der Waals surface area contributed by atoms with E-state index in [9.17, 15) is 13.2 Å². The third kappa shape index (κ3) is 7.79. The van der Waals surface area contributed by atoms with Crippen LogP contribution in [0.2, 0.25) is 10.3 Å². The number of aromatic nitrogens is 2. The van der Waals surface area contributed by atoms with Crippen molar-refractivity contribution >= 4 is 35.8 Å². The number of hydrogen-bond acceptors (Lipinski definition) is 7. The highest BCUT2D eigenvalue weighted by molar-refractivity contribution is 6.30. The van der Waals surface area contributed by atoms with E-state index in [1.807, 2.05) is 13.8 Å². The van der Waals surface area contributed by atoms with Gasteiger partial charge in [0.1, 0.15) is 12.6 Å². The second-order valence-corrected chi connectivity index (χ2v) is 8.10. The van der Waals surface area contributed by atoms with Gasteiger partial charge in [-0.2, -0.15) is 13.2 Å². The molecule has 1 unspecified atom stereocenters. The zero-order valence-electron chi connectivity index (χ0n) is 18.3. The molecule has 1 aromatic carbocycles. The Morgan fingerprint density at radius 1 is 1.18 bits per heavy atom. The molecule has 0 amide bonds. The van der Waals surface area contributed by atoms with E-state index in [0.29, 0.717) is 37.7 Å². The highest BCUT2D eigenvalue weighted by Gasteiger charge is 2.32. The van der Waals surface area contributed by atoms with Crippen LogP contribution in [0.4, 0.5) is 19.0 Å². The number of hydrogen-bond donors (Lipinski definition) is 2. The van der Waals surface area contributed by atoms with Crippen molar-refractivity contribution in [2.75, 3.05) is 38.7 Å². The Labute approximate surface area is 200 Å². The van der Waals surface area contributed by atoms with Gasteiger partial charge in [-0.15, -0.1) is 0 Å². The predicted octanol–water partition coefficient (Wildman–Crippen LogP) is 4.34. The minimum absolute atomic E-state index is 0.0221. The van der Waals surface area contributed by atoms with Crippen LogP contribution in [-0.2, 0) is 28.8 Å². The molecule has 0 spiro atoms. The monoisotopic (exact) mass is 507 g/mol. The Hall–Kier alpha value is -1.98. The molecule has 1 aliphatic heterocycles. The summed E-state index contributed by atoms with van der Waals surface area (Å²) in [5.41, 5.74) is 1.28. The Bertz CT molecular complexity index is 934. The molecule has 0 saturated carbocycles. The van der Waals surface area contributed by atoms with Crippen molar-refractivity contribution in [3.8, 4) is 0 Å². The molecule has 33 heavy (non-hydrogen) atoms. The maximum absolute atomic E-state index is 13.1. The molecule has 182 valence electrons. The standard InChI is InChI=1S/C20H24Cl2F3N5O.CH2O/c1-12(13-7-14(20(23,24)25)9-15(21)8-13)27-18-16-10-30(4-6-31-5-3-26-2)11-17(16)28-19(22)29-18;1-2/h7-9,12,26H,3-6,10-11H2,1-2H3,(H,27,28,29);1H2. The number of fused-ring (bicyclic) bond motifs is 1. The second kappa shape index (κ2) is 12.5. The van der Waals surface area contributed by atoms with Gasteiger partial charge in [0.2, 0.25) is 5.28 Å². The lowest BCUT2D eigenvalue weighted by atomic mass is 10.0. The summed E-state index contributed by atoms with van der Waals surface area (Å²) in [6, 6.07) is 3.02. The first kappa shape index (κ1) is 27.3. The van der Waals surface area contributed by atoms with Gasteiger partial charge in [-0.3, -0.25) is 4.90 Å². The van der Waals surface area contributed by atoms with Gasteiger partial charge in [0.25, 0.3) is 0 Å². The van der Waals surface area contributed by atoms with Crippen molar-refractivity contribution in [3.05, 3.63) is 50.9 Å². The summed E-state index contributed by atoms with van der Waals surface area (Å²) in [7, 11) is 1.87. The van der Waals surface area contributed by atoms with Crippen molar-refractivity contribution in [3.63, 3.8) is 0 Å². The Morgan fingerprint density at radius 2 is 1.91 bits per heavy atom. The van der Waals surface area contributed by atoms with Crippen molar-refractivity contribution in [1.82, 2.24) is 20.2 Å². The fraction of sp³-hybridized carbons (Fsp3) is 0.476. The molecule has 0 radical (unpaired) electrons. The predicted molar refractivity (Wildman–Crippen MR) is 122 cm³/mol. The van der Waals surface area contributed by atoms with Gasteiger partial charge in [-0.1, -0.05) is 11.6 Å². The number of rotatable bonds is 9. The van der Waals surface area contributed by atoms with E-state index in [2.05, 4.69) is 25.5 Å². The van der Waals surface area contributed by atoms with Crippen molar-refractivity contribution in [1.29, 1.82) is 0 Å². The molecule has 2 N–H and O–H groups in total. The zero-order chi connectivity index (χ0) is 24.6. The minimum atomic E-state index is -4.48. The number of alkyl halides is 3. The first-order valence-corrected chi connectivity index (χ1v) is 10.9. The maximum atomic E-state index is 13.1. The van der Waals surface area contributed by atoms with E-state index in [1.54, 1.807) is 6.92 Å². The van der Waals surface area contributed by atoms with E-state index in [0.717, 1.165) is 36.5 Å². The summed E-state index contributed by atoms with van der Waals surface area (Å²) in [6.45, 7) is 7.66. The van der Waals surface area contributed by atoms with Crippen LogP contribution in [0.5, 0.6) is 0 Å². The van der Waals surface area contributed by atoms with Gasteiger partial charge in [0.15, 0.2) is 0 Å². The summed E-state index contributed by atoms with van der Waals surface area (Å²) in [6.07, 6.45) is -4.48. The smallest absolute Gasteiger partial charge is 0.379 e. The lowest BCUT2D eigenvalue weighted by molar-refractivity contribution is -0.137. The number of ether oxygens (including phenoxy) is 1. The van der Waals surface area contributed by atoms with Crippen LogP contribution in [0, 0.1) is 0 Å². The van der Waals surface area contributed by atoms with Gasteiger partial charge < -0.3 is 20.2 Å². The highest BCUT2D eigenvalue weighted by atomic mass is 35.5. The maximum Gasteiger partial charge on any atom is 0.416 e. The molecule has 1 aromatic heterocycles. The number of carbonyl (C=O) groups is 1. The zero-order valence-corrected chi connectivity index (χ0v) is 19.8. The number of benzene rings is 1. The molecule has 7 nitrogen and oxygen atoms in total. The number of anilines is 1. The lowest BCUT2D eigenvalue weighted by Gasteiger charge is -2.19. The molecule has 12 heteroatoms. The molecule has 1 atom stereocenters. The number of nitrogens with zero attached hydrogens (tertiary/aromatic N) is 3. The second-order valence-electron chi connectivity index (χ2n) is 7.33. The third-order valence-electron chi connectivity index (χ3n) is 4.97. The van der Waals surface area contributed by atoms with E-state index in [1.165, 1.54) is 6.07 Å². The largest absolute Gasteiger partial charge is 0.416 e. The van der Waals surface area contributed by atoms with Crippen LogP contribution in [0.15, 0.2) is 18.2 Å². The quantitative estimate of drug-likeness (QED) is 0.386. The van der Waals surface area contributed by atoms with Crippen LogP contribution in [0.3, 0.4) is 0 Å². The number of halogens is 5. The SMILES string of the molecule is C=O.CNCCOCCN1Cc2nc(Cl)nc(NC(C)c3cc(Cl)cc(C(F)(F)F)c3)c2C1. The molecule has 0 saturated heterocycles. The van der Waals surface area contributed by atoms with E-state index in [4.69, 9.17) is 32.7 Å². The molecule has 1 aliphatic rings.